The molecule has 4 nitrogen and oxygen atoms in total. The summed E-state index contributed by atoms with van der Waals surface area (Å²) >= 11 is 3.73. The van der Waals surface area contributed by atoms with Crippen molar-refractivity contribution < 1.29 is 9.53 Å². The standard InChI is InChI=1S/C26H41BrN2O2/c1-4-26(30)29-14-6-8-22(19-29)7-5-13-28-15-11-21(12-16-28)17-23-18-24(31-20(2)3)9-10-25(23)27/h9-10,18,20-22H,4-8,11-17,19H2,1-3H3. The number of rotatable bonds is 9. The van der Waals surface area contributed by atoms with Gasteiger partial charge in [0.05, 0.1) is 6.10 Å². The third-order valence-corrected chi connectivity index (χ3v) is 7.64. The van der Waals surface area contributed by atoms with Gasteiger partial charge in [-0.1, -0.05) is 22.9 Å². The van der Waals surface area contributed by atoms with Crippen LogP contribution in [0.3, 0.4) is 0 Å². The Balaban J connectivity index is 1.37. The highest BCUT2D eigenvalue weighted by Crippen LogP contribution is 2.29. The lowest BCUT2D eigenvalue weighted by molar-refractivity contribution is -0.132. The third kappa shape index (κ3) is 7.78. The number of likely N-dealkylation sites (tertiary alicyclic amines) is 2. The van der Waals surface area contributed by atoms with E-state index in [1.165, 1.54) is 68.2 Å². The van der Waals surface area contributed by atoms with Gasteiger partial charge in [-0.05, 0) is 114 Å². The van der Waals surface area contributed by atoms with Crippen LogP contribution in [0.4, 0.5) is 0 Å². The highest BCUT2D eigenvalue weighted by Gasteiger charge is 2.24. The van der Waals surface area contributed by atoms with Crippen LogP contribution >= 0.6 is 15.9 Å². The van der Waals surface area contributed by atoms with E-state index in [1.54, 1.807) is 0 Å². The van der Waals surface area contributed by atoms with Gasteiger partial charge in [0.1, 0.15) is 5.75 Å². The van der Waals surface area contributed by atoms with Crippen molar-refractivity contribution in [2.24, 2.45) is 11.8 Å². The van der Waals surface area contributed by atoms with Crippen molar-refractivity contribution in [2.45, 2.75) is 78.2 Å². The summed E-state index contributed by atoms with van der Waals surface area (Å²) in [5.41, 5.74) is 1.38. The van der Waals surface area contributed by atoms with Crippen molar-refractivity contribution in [1.29, 1.82) is 0 Å². The molecule has 2 saturated heterocycles. The first-order valence-electron chi connectivity index (χ1n) is 12.4. The second-order valence-corrected chi connectivity index (χ2v) is 10.6. The summed E-state index contributed by atoms with van der Waals surface area (Å²) in [5.74, 6) is 2.78. The number of hydrogen-bond acceptors (Lipinski definition) is 3. The molecule has 31 heavy (non-hydrogen) atoms. The Hall–Kier alpha value is -1.07. The Morgan fingerprint density at radius 3 is 2.65 bits per heavy atom. The maximum atomic E-state index is 12.0. The number of benzene rings is 1. The number of nitrogens with zero attached hydrogens (tertiary/aromatic N) is 2. The Kier molecular flexibility index (Phi) is 9.71. The number of halogens is 1. The average Bonchev–Trinajstić information content (AvgIpc) is 2.76. The van der Waals surface area contributed by atoms with E-state index in [0.717, 1.165) is 31.2 Å². The zero-order valence-corrected chi connectivity index (χ0v) is 21.3. The summed E-state index contributed by atoms with van der Waals surface area (Å²) in [4.78, 5) is 16.7. The van der Waals surface area contributed by atoms with Gasteiger partial charge in [-0.2, -0.15) is 0 Å². The van der Waals surface area contributed by atoms with E-state index < -0.39 is 0 Å². The molecule has 1 aromatic rings. The van der Waals surface area contributed by atoms with Crippen LogP contribution in [0.15, 0.2) is 22.7 Å². The van der Waals surface area contributed by atoms with Crippen LogP contribution in [0.2, 0.25) is 0 Å². The molecule has 0 bridgehead atoms. The molecule has 2 aliphatic heterocycles. The summed E-state index contributed by atoms with van der Waals surface area (Å²) in [6.45, 7) is 11.7. The molecule has 174 valence electrons. The van der Waals surface area contributed by atoms with Gasteiger partial charge in [-0.15, -0.1) is 0 Å². The Labute approximate surface area is 197 Å². The molecule has 0 N–H and O–H groups in total. The fraction of sp³-hybridized carbons (Fsp3) is 0.731. The van der Waals surface area contributed by atoms with Crippen LogP contribution in [0.25, 0.3) is 0 Å². The number of hydrogen-bond donors (Lipinski definition) is 0. The highest BCUT2D eigenvalue weighted by atomic mass is 79.9. The zero-order chi connectivity index (χ0) is 22.2. The Bertz CT molecular complexity index is 701. The van der Waals surface area contributed by atoms with Crippen LogP contribution in [0, 0.1) is 11.8 Å². The molecule has 2 fully saturated rings. The molecule has 5 heteroatoms. The molecule has 0 radical (unpaired) electrons. The van der Waals surface area contributed by atoms with E-state index in [2.05, 4.69) is 57.8 Å². The molecule has 1 unspecified atom stereocenters. The lowest BCUT2D eigenvalue weighted by Gasteiger charge is -2.34. The minimum atomic E-state index is 0.209. The van der Waals surface area contributed by atoms with E-state index >= 15 is 0 Å². The van der Waals surface area contributed by atoms with Crippen molar-refractivity contribution in [2.75, 3.05) is 32.7 Å². The minimum absolute atomic E-state index is 0.209. The minimum Gasteiger partial charge on any atom is -0.491 e. The van der Waals surface area contributed by atoms with Crippen molar-refractivity contribution in [3.63, 3.8) is 0 Å². The Morgan fingerprint density at radius 2 is 1.94 bits per heavy atom. The van der Waals surface area contributed by atoms with Crippen molar-refractivity contribution in [3.05, 3.63) is 28.2 Å². The molecule has 1 amide bonds. The predicted octanol–water partition coefficient (Wildman–Crippen LogP) is 5.92. The number of amides is 1. The first kappa shape index (κ1) is 24.6. The van der Waals surface area contributed by atoms with Crippen LogP contribution in [-0.2, 0) is 11.2 Å². The smallest absolute Gasteiger partial charge is 0.222 e. The van der Waals surface area contributed by atoms with Crippen molar-refractivity contribution in [1.82, 2.24) is 9.80 Å². The summed E-state index contributed by atoms with van der Waals surface area (Å²) in [5, 5.41) is 0. The van der Waals surface area contributed by atoms with Crippen molar-refractivity contribution >= 4 is 21.8 Å². The predicted molar refractivity (Wildman–Crippen MR) is 132 cm³/mol. The molecule has 0 aromatic heterocycles. The maximum absolute atomic E-state index is 12.0. The van der Waals surface area contributed by atoms with E-state index in [1.807, 2.05) is 6.92 Å². The molecule has 0 aliphatic carbocycles. The number of ether oxygens (including phenoxy) is 1. The van der Waals surface area contributed by atoms with Gasteiger partial charge in [-0.25, -0.2) is 0 Å². The van der Waals surface area contributed by atoms with Crippen LogP contribution in [-0.4, -0.2) is 54.5 Å². The topological polar surface area (TPSA) is 32.8 Å². The van der Waals surface area contributed by atoms with E-state index in [4.69, 9.17) is 4.74 Å². The molecule has 1 aromatic carbocycles. The van der Waals surface area contributed by atoms with Crippen molar-refractivity contribution in [3.8, 4) is 5.75 Å². The monoisotopic (exact) mass is 492 g/mol. The number of piperidine rings is 2. The van der Waals surface area contributed by atoms with Gasteiger partial charge in [0.2, 0.25) is 5.91 Å². The van der Waals surface area contributed by atoms with Crippen LogP contribution < -0.4 is 4.74 Å². The lowest BCUT2D eigenvalue weighted by atomic mass is 9.89. The van der Waals surface area contributed by atoms with Gasteiger partial charge < -0.3 is 14.5 Å². The first-order valence-corrected chi connectivity index (χ1v) is 13.2. The van der Waals surface area contributed by atoms with Gasteiger partial charge >= 0.3 is 0 Å². The molecule has 3 rings (SSSR count). The zero-order valence-electron chi connectivity index (χ0n) is 19.7. The molecule has 2 aliphatic rings. The second kappa shape index (κ2) is 12.2. The largest absolute Gasteiger partial charge is 0.491 e. The molecule has 0 saturated carbocycles. The average molecular weight is 494 g/mol. The third-order valence-electron chi connectivity index (χ3n) is 6.87. The van der Waals surface area contributed by atoms with Crippen LogP contribution in [0.5, 0.6) is 5.75 Å². The molecular formula is C26H41BrN2O2. The SMILES string of the molecule is CCC(=O)N1CCCC(CCCN2CCC(Cc3cc(OC(C)C)ccc3Br)CC2)C1. The van der Waals surface area contributed by atoms with Crippen LogP contribution in [0.1, 0.15) is 71.3 Å². The fourth-order valence-electron chi connectivity index (χ4n) is 5.13. The lowest BCUT2D eigenvalue weighted by Crippen LogP contribution is -2.40. The molecule has 0 spiro atoms. The second-order valence-electron chi connectivity index (χ2n) is 9.75. The molecule has 1 atom stereocenters. The Morgan fingerprint density at radius 1 is 1.16 bits per heavy atom. The summed E-state index contributed by atoms with van der Waals surface area (Å²) in [6.07, 6.45) is 9.56. The fourth-order valence-corrected chi connectivity index (χ4v) is 5.54. The normalized spacial score (nSPS) is 20.9. The maximum Gasteiger partial charge on any atom is 0.222 e. The summed E-state index contributed by atoms with van der Waals surface area (Å²) < 4.78 is 7.09. The quantitative estimate of drug-likeness (QED) is 0.428. The summed E-state index contributed by atoms with van der Waals surface area (Å²) in [7, 11) is 0. The first-order chi connectivity index (χ1) is 14.9. The molecule has 2 heterocycles. The van der Waals surface area contributed by atoms with Gasteiger partial charge in [-0.3, -0.25) is 4.79 Å². The number of carbonyl (C=O) groups excluding carboxylic acids is 1. The van der Waals surface area contributed by atoms with E-state index in [9.17, 15) is 4.79 Å². The van der Waals surface area contributed by atoms with E-state index in [0.29, 0.717) is 18.2 Å². The summed E-state index contributed by atoms with van der Waals surface area (Å²) in [6, 6.07) is 6.40. The molecular weight excluding hydrogens is 452 g/mol. The number of carbonyl (C=O) groups is 1. The van der Waals surface area contributed by atoms with Gasteiger partial charge in [0.25, 0.3) is 0 Å². The van der Waals surface area contributed by atoms with Gasteiger partial charge in [0, 0.05) is 24.0 Å². The van der Waals surface area contributed by atoms with Gasteiger partial charge in [0.15, 0.2) is 0 Å². The highest BCUT2D eigenvalue weighted by molar-refractivity contribution is 9.10. The van der Waals surface area contributed by atoms with E-state index in [-0.39, 0.29) is 6.10 Å².